The van der Waals surface area contributed by atoms with E-state index in [0.29, 0.717) is 29.8 Å². The number of carbonyl (C=O) groups is 1. The first-order chi connectivity index (χ1) is 8.95. The minimum Gasteiger partial charge on any atom is -0.481 e. The van der Waals surface area contributed by atoms with Crippen molar-refractivity contribution in [3.05, 3.63) is 11.6 Å². The minimum absolute atomic E-state index is 0.313. The Labute approximate surface area is 115 Å². The number of fused-ring (bicyclic) bond motifs is 1. The lowest BCUT2D eigenvalue weighted by Crippen LogP contribution is -2.62. The molecule has 4 rings (SSSR count). The van der Waals surface area contributed by atoms with Crippen LogP contribution in [0.4, 0.5) is 0 Å². The smallest absolute Gasteiger partial charge is 0.309 e. The molecule has 0 saturated heterocycles. The molecular weight excluding hydrogens is 240 g/mol. The average Bonchev–Trinajstić information content (AvgIpc) is 2.56. The molecule has 1 N–H and O–H groups in total. The largest absolute Gasteiger partial charge is 0.481 e. The van der Waals surface area contributed by atoms with Crippen molar-refractivity contribution in [2.45, 2.75) is 39.5 Å². The Morgan fingerprint density at radius 3 is 2.84 bits per heavy atom. The van der Waals surface area contributed by atoms with E-state index in [9.17, 15) is 9.90 Å². The zero-order chi connectivity index (χ0) is 13.8. The lowest BCUT2D eigenvalue weighted by molar-refractivity contribution is -0.179. The molecule has 19 heavy (non-hydrogen) atoms. The van der Waals surface area contributed by atoms with Crippen LogP contribution in [0.1, 0.15) is 39.5 Å². The van der Waals surface area contributed by atoms with Crippen molar-refractivity contribution in [1.82, 2.24) is 0 Å². The van der Waals surface area contributed by atoms with Crippen molar-refractivity contribution in [1.29, 1.82) is 0 Å². The monoisotopic (exact) mass is 264 g/mol. The summed E-state index contributed by atoms with van der Waals surface area (Å²) in [4.78, 5) is 11.8. The van der Waals surface area contributed by atoms with Crippen LogP contribution in [0.2, 0.25) is 0 Å². The number of aliphatic carboxylic acids is 1. The van der Waals surface area contributed by atoms with Crippen LogP contribution in [0.5, 0.6) is 0 Å². The van der Waals surface area contributed by atoms with Gasteiger partial charge < -0.3 is 9.84 Å². The van der Waals surface area contributed by atoms with Crippen LogP contribution in [0.25, 0.3) is 0 Å². The number of methoxy groups -OCH3 is 1. The van der Waals surface area contributed by atoms with Crippen molar-refractivity contribution in [3.63, 3.8) is 0 Å². The average molecular weight is 264 g/mol. The Morgan fingerprint density at radius 2 is 2.21 bits per heavy atom. The molecule has 3 heteroatoms. The summed E-state index contributed by atoms with van der Waals surface area (Å²) in [5.41, 5.74) is 1.13. The summed E-state index contributed by atoms with van der Waals surface area (Å²) in [6, 6.07) is 0. The van der Waals surface area contributed by atoms with Crippen LogP contribution in [0.3, 0.4) is 0 Å². The van der Waals surface area contributed by atoms with E-state index in [4.69, 9.17) is 4.74 Å². The van der Waals surface area contributed by atoms with Crippen LogP contribution >= 0.6 is 0 Å². The van der Waals surface area contributed by atoms with Gasteiger partial charge in [0.2, 0.25) is 0 Å². The fourth-order valence-corrected chi connectivity index (χ4v) is 5.36. The van der Waals surface area contributed by atoms with Crippen LogP contribution in [0.15, 0.2) is 11.6 Å². The first-order valence-corrected chi connectivity index (χ1v) is 7.36. The number of carboxylic acid groups (broad SMARTS) is 1. The molecule has 4 aliphatic rings. The quantitative estimate of drug-likeness (QED) is 0.797. The molecule has 0 aromatic heterocycles. The van der Waals surface area contributed by atoms with Crippen LogP contribution < -0.4 is 0 Å². The van der Waals surface area contributed by atoms with Gasteiger partial charge in [0, 0.05) is 7.11 Å². The van der Waals surface area contributed by atoms with Gasteiger partial charge in [-0.15, -0.1) is 0 Å². The molecule has 0 aromatic rings. The number of hydrogen-bond acceptors (Lipinski definition) is 2. The highest BCUT2D eigenvalue weighted by Gasteiger charge is 2.68. The predicted octanol–water partition coefficient (Wildman–Crippen LogP) is 3.11. The van der Waals surface area contributed by atoms with Gasteiger partial charge in [-0.25, -0.2) is 0 Å². The van der Waals surface area contributed by atoms with E-state index >= 15 is 0 Å². The van der Waals surface area contributed by atoms with Gasteiger partial charge >= 0.3 is 5.97 Å². The maximum atomic E-state index is 11.8. The number of ether oxygens (including phenoxy) is 1. The second-order valence-electron chi connectivity index (χ2n) is 7.14. The van der Waals surface area contributed by atoms with Gasteiger partial charge in [-0.3, -0.25) is 4.79 Å². The molecule has 0 radical (unpaired) electrons. The third-order valence-corrected chi connectivity index (χ3v) is 6.33. The number of carboxylic acids is 1. The van der Waals surface area contributed by atoms with Crippen molar-refractivity contribution < 1.29 is 14.6 Å². The SMILES string of the molecule is COCC1=CC[C@@H]2[C@@H]3[C@H]1[C@@]2(C)CCC[C@@]3(C)C(=O)O. The lowest BCUT2D eigenvalue weighted by Gasteiger charge is -2.65. The summed E-state index contributed by atoms with van der Waals surface area (Å²) < 4.78 is 5.34. The highest BCUT2D eigenvalue weighted by molar-refractivity contribution is 5.75. The normalized spacial score (nSPS) is 47.9. The second-order valence-corrected chi connectivity index (χ2v) is 7.14. The molecule has 0 heterocycles. The van der Waals surface area contributed by atoms with Gasteiger partial charge in [0.1, 0.15) is 0 Å². The zero-order valence-electron chi connectivity index (χ0n) is 12.1. The Morgan fingerprint density at radius 1 is 1.47 bits per heavy atom. The zero-order valence-corrected chi connectivity index (χ0v) is 12.1. The van der Waals surface area contributed by atoms with Crippen molar-refractivity contribution in [2.75, 3.05) is 13.7 Å². The first-order valence-electron chi connectivity index (χ1n) is 7.36. The topological polar surface area (TPSA) is 46.5 Å². The maximum Gasteiger partial charge on any atom is 0.309 e. The molecule has 5 atom stereocenters. The number of hydrogen-bond donors (Lipinski definition) is 1. The minimum atomic E-state index is -0.602. The van der Waals surface area contributed by atoms with E-state index in [1.807, 2.05) is 6.92 Å². The molecule has 3 nitrogen and oxygen atoms in total. The van der Waals surface area contributed by atoms with Gasteiger partial charge in [-0.2, -0.15) is 0 Å². The van der Waals surface area contributed by atoms with Gasteiger partial charge in [0.25, 0.3) is 0 Å². The number of allylic oxidation sites excluding steroid dienone is 1. The van der Waals surface area contributed by atoms with Crippen LogP contribution in [0, 0.1) is 28.6 Å². The molecular formula is C16H24O3. The molecule has 4 aliphatic carbocycles. The summed E-state index contributed by atoms with van der Waals surface area (Å²) in [6.07, 6.45) is 6.39. The van der Waals surface area contributed by atoms with E-state index < -0.39 is 11.4 Å². The van der Waals surface area contributed by atoms with Gasteiger partial charge in [-0.05, 0) is 54.9 Å². The molecule has 4 bridgehead atoms. The summed E-state index contributed by atoms with van der Waals surface area (Å²) in [5, 5.41) is 9.72. The second kappa shape index (κ2) is 4.08. The standard InChI is InChI=1S/C16H24O3/c1-15-7-4-8-16(2,14(17)18)13-11(15)6-5-10(9-19-3)12(13)15/h5,11-13H,4,6-9H2,1-3H3,(H,17,18)/t11-,12+,13-,15+,16-/m1/s1. The van der Waals surface area contributed by atoms with Crippen molar-refractivity contribution >= 4 is 5.97 Å². The fourth-order valence-electron chi connectivity index (χ4n) is 5.36. The maximum absolute atomic E-state index is 11.8. The molecule has 2 fully saturated rings. The highest BCUT2D eigenvalue weighted by Crippen LogP contribution is 2.72. The third kappa shape index (κ3) is 1.51. The Hall–Kier alpha value is -0.830. The van der Waals surface area contributed by atoms with Crippen LogP contribution in [-0.2, 0) is 9.53 Å². The summed E-state index contributed by atoms with van der Waals surface area (Å²) in [6.45, 7) is 5.01. The van der Waals surface area contributed by atoms with E-state index in [-0.39, 0.29) is 0 Å². The fraction of sp³-hybridized carbons (Fsp3) is 0.812. The third-order valence-electron chi connectivity index (χ3n) is 6.33. The highest BCUT2D eigenvalue weighted by atomic mass is 16.5. The Bertz CT molecular complexity index is 441. The van der Waals surface area contributed by atoms with Crippen molar-refractivity contribution in [2.24, 2.45) is 28.6 Å². The van der Waals surface area contributed by atoms with E-state index in [1.165, 1.54) is 12.0 Å². The molecule has 0 aromatic carbocycles. The molecule has 0 aliphatic heterocycles. The summed E-state index contributed by atoms with van der Waals surface area (Å²) in [5.74, 6) is 0.694. The van der Waals surface area contributed by atoms with Gasteiger partial charge in [0.05, 0.1) is 12.0 Å². The van der Waals surface area contributed by atoms with Gasteiger partial charge in [0.15, 0.2) is 0 Å². The van der Waals surface area contributed by atoms with Crippen LogP contribution in [-0.4, -0.2) is 24.8 Å². The number of rotatable bonds is 3. The summed E-state index contributed by atoms with van der Waals surface area (Å²) in [7, 11) is 1.73. The van der Waals surface area contributed by atoms with E-state index in [2.05, 4.69) is 13.0 Å². The van der Waals surface area contributed by atoms with Crippen molar-refractivity contribution in [3.8, 4) is 0 Å². The molecule has 2 saturated carbocycles. The van der Waals surface area contributed by atoms with Gasteiger partial charge in [-0.1, -0.05) is 19.4 Å². The summed E-state index contributed by atoms with van der Waals surface area (Å²) >= 11 is 0. The molecule has 0 unspecified atom stereocenters. The molecule has 106 valence electrons. The van der Waals surface area contributed by atoms with E-state index in [1.54, 1.807) is 7.11 Å². The Balaban J connectivity index is 2.01. The molecule has 0 spiro atoms. The van der Waals surface area contributed by atoms with E-state index in [0.717, 1.165) is 19.3 Å². The first kappa shape index (κ1) is 13.2. The predicted molar refractivity (Wildman–Crippen MR) is 72.7 cm³/mol. The lowest BCUT2D eigenvalue weighted by atomic mass is 9.38. The Kier molecular flexibility index (Phi) is 2.83. The molecule has 0 amide bonds.